The Hall–Kier alpha value is -3.88. The van der Waals surface area contributed by atoms with Gasteiger partial charge in [0.05, 0.1) is 0 Å². The van der Waals surface area contributed by atoms with Gasteiger partial charge in [-0.25, -0.2) is 9.38 Å². The van der Waals surface area contributed by atoms with Crippen LogP contribution in [0.4, 0.5) is 13.2 Å². The summed E-state index contributed by atoms with van der Waals surface area (Å²) in [6.45, 7) is -2.98. The van der Waals surface area contributed by atoms with Crippen LogP contribution in [0.25, 0.3) is 11.1 Å². The van der Waals surface area contributed by atoms with E-state index in [1.165, 1.54) is 66.8 Å². The first kappa shape index (κ1) is 20.4. The molecular formula is C22H16F3N4O2. The molecule has 0 saturated carbocycles. The van der Waals surface area contributed by atoms with Gasteiger partial charge in [0.2, 0.25) is 0 Å². The molecule has 0 aliphatic carbocycles. The van der Waals surface area contributed by atoms with Gasteiger partial charge in [-0.1, -0.05) is 18.2 Å². The zero-order chi connectivity index (χ0) is 22.2. The summed E-state index contributed by atoms with van der Waals surface area (Å²) in [6, 6.07) is 14.0. The molecule has 0 bridgehead atoms. The number of hydrogen-bond acceptors (Lipinski definition) is 5. The predicted octanol–water partition coefficient (Wildman–Crippen LogP) is 3.32. The molecule has 1 aliphatic heterocycles. The Bertz CT molecular complexity index is 1150. The number of nitrogens with zero attached hydrogens (tertiary/aromatic N) is 3. The minimum absolute atomic E-state index is 0.0292. The molecule has 2 aromatic carbocycles. The molecule has 0 fully saturated rings. The molecule has 1 aliphatic rings. The molecule has 0 saturated heterocycles. The summed E-state index contributed by atoms with van der Waals surface area (Å²) in [5, 5.41) is 0. The van der Waals surface area contributed by atoms with Gasteiger partial charge in [0, 0.05) is 36.6 Å². The quantitative estimate of drug-likeness (QED) is 0.680. The fraction of sp³-hybridized carbons (Fsp3) is 0.136. The van der Waals surface area contributed by atoms with E-state index in [9.17, 15) is 18.0 Å². The molecule has 1 unspecified atom stereocenters. The van der Waals surface area contributed by atoms with Crippen LogP contribution in [-0.4, -0.2) is 35.4 Å². The van der Waals surface area contributed by atoms with Crippen LogP contribution in [0.5, 0.6) is 5.75 Å². The number of hydrogen-bond donors (Lipinski definition) is 1. The number of likely N-dealkylation sites (N-methyl/N-ethyl adjacent to an activating group) is 1. The SMILES string of the molecule is CN1C(=O)C(c2ccc(OC(F)F)cc2)(c2ccc(F)c(-c3c[c]cnc3)c2)N=C1N. The Kier molecular flexibility index (Phi) is 5.10. The van der Waals surface area contributed by atoms with E-state index in [1.54, 1.807) is 6.07 Å². The van der Waals surface area contributed by atoms with Gasteiger partial charge < -0.3 is 10.5 Å². The third-order valence-corrected chi connectivity index (χ3v) is 5.03. The van der Waals surface area contributed by atoms with Crippen molar-refractivity contribution in [3.05, 3.63) is 83.9 Å². The molecule has 1 amide bonds. The van der Waals surface area contributed by atoms with Crippen molar-refractivity contribution in [1.29, 1.82) is 0 Å². The smallest absolute Gasteiger partial charge is 0.387 e. The first-order valence-electron chi connectivity index (χ1n) is 9.13. The zero-order valence-corrected chi connectivity index (χ0v) is 16.2. The van der Waals surface area contributed by atoms with Crippen LogP contribution in [0.3, 0.4) is 0 Å². The number of rotatable bonds is 5. The van der Waals surface area contributed by atoms with Crippen LogP contribution >= 0.6 is 0 Å². The summed E-state index contributed by atoms with van der Waals surface area (Å²) in [7, 11) is 1.47. The van der Waals surface area contributed by atoms with Crippen molar-refractivity contribution in [2.45, 2.75) is 12.2 Å². The maximum Gasteiger partial charge on any atom is 0.387 e. The molecule has 9 heteroatoms. The number of halogens is 3. The number of nitrogens with two attached hydrogens (primary N) is 1. The third-order valence-electron chi connectivity index (χ3n) is 5.03. The molecular weight excluding hydrogens is 409 g/mol. The lowest BCUT2D eigenvalue weighted by Crippen LogP contribution is -2.41. The summed E-state index contributed by atoms with van der Waals surface area (Å²) in [5.41, 5.74) is 5.71. The molecule has 31 heavy (non-hydrogen) atoms. The van der Waals surface area contributed by atoms with Crippen molar-refractivity contribution >= 4 is 11.9 Å². The standard InChI is InChI=1S/C22H16F3N4O2/c1-29-19(30)22(28-21(29)26,14-4-7-16(8-5-14)31-20(24)25)15-6-9-18(23)17(11-15)13-3-2-10-27-12-13/h3-12,20H,1H3,(H2,26,28). The number of carbonyl (C=O) groups is 1. The van der Waals surface area contributed by atoms with Crippen molar-refractivity contribution in [1.82, 2.24) is 9.88 Å². The summed E-state index contributed by atoms with van der Waals surface area (Å²) < 4.78 is 44.0. The molecule has 3 aromatic rings. The maximum atomic E-state index is 14.6. The lowest BCUT2D eigenvalue weighted by molar-refractivity contribution is -0.129. The van der Waals surface area contributed by atoms with Crippen molar-refractivity contribution in [3.63, 3.8) is 0 Å². The number of amides is 1. The van der Waals surface area contributed by atoms with Crippen molar-refractivity contribution in [2.75, 3.05) is 7.05 Å². The second-order valence-electron chi connectivity index (χ2n) is 6.82. The molecule has 157 valence electrons. The van der Waals surface area contributed by atoms with Gasteiger partial charge in [-0.05, 0) is 41.5 Å². The largest absolute Gasteiger partial charge is 0.435 e. The molecule has 1 radical (unpaired) electrons. The average Bonchev–Trinajstić information content (AvgIpc) is 2.99. The Morgan fingerprint density at radius 1 is 1.16 bits per heavy atom. The van der Waals surface area contributed by atoms with Crippen LogP contribution < -0.4 is 10.5 Å². The number of ether oxygens (including phenoxy) is 1. The van der Waals surface area contributed by atoms with Crippen LogP contribution in [0.2, 0.25) is 0 Å². The van der Waals surface area contributed by atoms with E-state index in [-0.39, 0.29) is 17.3 Å². The monoisotopic (exact) mass is 425 g/mol. The van der Waals surface area contributed by atoms with Crippen molar-refractivity contribution < 1.29 is 22.7 Å². The molecule has 0 spiro atoms. The first-order chi connectivity index (χ1) is 14.8. The number of benzene rings is 2. The van der Waals surface area contributed by atoms with Crippen LogP contribution in [0, 0.1) is 11.9 Å². The average molecular weight is 425 g/mol. The molecule has 1 aromatic heterocycles. The number of alkyl halides is 2. The van der Waals surface area contributed by atoms with Gasteiger partial charge in [0.25, 0.3) is 5.91 Å². The van der Waals surface area contributed by atoms with E-state index < -0.39 is 23.9 Å². The Morgan fingerprint density at radius 3 is 2.45 bits per heavy atom. The number of pyridine rings is 1. The van der Waals surface area contributed by atoms with Gasteiger partial charge in [0.1, 0.15) is 11.6 Å². The Labute approximate surface area is 175 Å². The highest BCUT2D eigenvalue weighted by atomic mass is 19.3. The van der Waals surface area contributed by atoms with Crippen molar-refractivity contribution in [3.8, 4) is 16.9 Å². The highest BCUT2D eigenvalue weighted by Crippen LogP contribution is 2.41. The highest BCUT2D eigenvalue weighted by Gasteiger charge is 2.49. The normalized spacial score (nSPS) is 18.4. The van der Waals surface area contributed by atoms with E-state index in [1.807, 2.05) is 0 Å². The predicted molar refractivity (Wildman–Crippen MR) is 107 cm³/mol. The third kappa shape index (κ3) is 3.48. The molecule has 6 nitrogen and oxygen atoms in total. The maximum absolute atomic E-state index is 14.6. The number of carbonyl (C=O) groups excluding carboxylic acids is 1. The van der Waals surface area contributed by atoms with Gasteiger partial charge in [-0.15, -0.1) is 0 Å². The van der Waals surface area contributed by atoms with Gasteiger partial charge in [-0.3, -0.25) is 14.7 Å². The minimum atomic E-state index is -2.98. The number of aromatic nitrogens is 1. The van der Waals surface area contributed by atoms with Gasteiger partial charge in [0.15, 0.2) is 11.5 Å². The first-order valence-corrected chi connectivity index (χ1v) is 9.13. The topological polar surface area (TPSA) is 80.8 Å². The zero-order valence-electron chi connectivity index (χ0n) is 16.2. The summed E-state index contributed by atoms with van der Waals surface area (Å²) in [4.78, 5) is 22.9. The minimum Gasteiger partial charge on any atom is -0.435 e. The number of guanidine groups is 1. The Morgan fingerprint density at radius 2 is 1.87 bits per heavy atom. The fourth-order valence-electron chi connectivity index (χ4n) is 3.51. The lowest BCUT2D eigenvalue weighted by atomic mass is 9.81. The fourth-order valence-corrected chi connectivity index (χ4v) is 3.51. The van der Waals surface area contributed by atoms with Crippen LogP contribution in [0.15, 0.2) is 65.9 Å². The summed E-state index contributed by atoms with van der Waals surface area (Å²) in [5.74, 6) is -1.09. The molecule has 4 rings (SSSR count). The van der Waals surface area contributed by atoms with E-state index >= 15 is 0 Å². The molecule has 2 N–H and O–H groups in total. The highest BCUT2D eigenvalue weighted by molar-refractivity contribution is 6.09. The lowest BCUT2D eigenvalue weighted by Gasteiger charge is -2.27. The second kappa shape index (κ2) is 7.75. The van der Waals surface area contributed by atoms with Crippen molar-refractivity contribution in [2.24, 2.45) is 10.7 Å². The van der Waals surface area contributed by atoms with E-state index in [2.05, 4.69) is 20.8 Å². The van der Waals surface area contributed by atoms with Gasteiger partial charge in [-0.2, -0.15) is 8.78 Å². The Balaban J connectivity index is 1.89. The van der Waals surface area contributed by atoms with Crippen LogP contribution in [-0.2, 0) is 10.3 Å². The van der Waals surface area contributed by atoms with Crippen LogP contribution in [0.1, 0.15) is 11.1 Å². The van der Waals surface area contributed by atoms with E-state index in [0.29, 0.717) is 16.7 Å². The summed E-state index contributed by atoms with van der Waals surface area (Å²) >= 11 is 0. The summed E-state index contributed by atoms with van der Waals surface area (Å²) in [6.07, 6.45) is 2.91. The molecule has 1 atom stereocenters. The van der Waals surface area contributed by atoms with E-state index in [4.69, 9.17) is 5.73 Å². The van der Waals surface area contributed by atoms with Gasteiger partial charge >= 0.3 is 6.61 Å². The molecule has 2 heterocycles. The number of aliphatic imine (C=N–C) groups is 1. The second-order valence-corrected chi connectivity index (χ2v) is 6.82. The van der Waals surface area contributed by atoms with E-state index in [0.717, 1.165) is 0 Å².